The third-order valence-corrected chi connectivity index (χ3v) is 6.16. The SMILES string of the molecule is [Cl][Pd-].c1ccc(Pc2ccccc2)cc1.c1ccc(Pc2ccccc2)cc1. The van der Waals surface area contributed by atoms with Crippen LogP contribution in [-0.4, -0.2) is 0 Å². The molecule has 4 aromatic rings. The minimum Gasteiger partial charge on any atom is -0.0622 e. The molecule has 0 radical (unpaired) electrons. The zero-order valence-electron chi connectivity index (χ0n) is 15.2. The normalized spacial score (nSPS) is 9.39. The summed E-state index contributed by atoms with van der Waals surface area (Å²) in [5.41, 5.74) is 0. The summed E-state index contributed by atoms with van der Waals surface area (Å²) in [6.45, 7) is 0. The maximum absolute atomic E-state index is 4.49. The Labute approximate surface area is 186 Å². The number of hydrogen-bond acceptors (Lipinski definition) is 0. The molecule has 0 aromatic heterocycles. The first kappa shape index (κ1) is 23.0. The molecular formula is C24H22ClP2Pd-. The van der Waals surface area contributed by atoms with Crippen LogP contribution in [0.4, 0.5) is 0 Å². The van der Waals surface area contributed by atoms with Crippen molar-refractivity contribution in [3.05, 3.63) is 121 Å². The van der Waals surface area contributed by atoms with Gasteiger partial charge in [0.15, 0.2) is 0 Å². The average molecular weight is 514 g/mol. The van der Waals surface area contributed by atoms with E-state index in [1.54, 1.807) is 0 Å². The fourth-order valence-electron chi connectivity index (χ4n) is 2.42. The molecule has 0 aliphatic rings. The van der Waals surface area contributed by atoms with Crippen LogP contribution in [0.25, 0.3) is 0 Å². The predicted molar refractivity (Wildman–Crippen MR) is 127 cm³/mol. The van der Waals surface area contributed by atoms with Gasteiger partial charge in [0.05, 0.1) is 0 Å². The van der Waals surface area contributed by atoms with E-state index in [1.807, 2.05) is 0 Å². The van der Waals surface area contributed by atoms with Crippen LogP contribution in [0.5, 0.6) is 0 Å². The van der Waals surface area contributed by atoms with Crippen LogP contribution in [0.1, 0.15) is 0 Å². The third-order valence-electron chi connectivity index (χ3n) is 3.67. The predicted octanol–water partition coefficient (Wildman–Crippen LogP) is 5.32. The van der Waals surface area contributed by atoms with Crippen LogP contribution >= 0.6 is 26.7 Å². The maximum Gasteiger partial charge on any atom is -0.0226 e. The second-order valence-electron chi connectivity index (χ2n) is 5.71. The van der Waals surface area contributed by atoms with E-state index in [0.29, 0.717) is 0 Å². The third kappa shape index (κ3) is 9.26. The van der Waals surface area contributed by atoms with Gasteiger partial charge in [-0.15, -0.1) is 0 Å². The first-order chi connectivity index (χ1) is 13.9. The summed E-state index contributed by atoms with van der Waals surface area (Å²) in [7, 11) is 6.04. The van der Waals surface area contributed by atoms with Crippen LogP contribution in [0.15, 0.2) is 121 Å². The summed E-state index contributed by atoms with van der Waals surface area (Å²) in [5.74, 6) is 0. The second-order valence-corrected chi connectivity index (χ2v) is 8.52. The van der Waals surface area contributed by atoms with Crippen LogP contribution in [0.3, 0.4) is 0 Å². The van der Waals surface area contributed by atoms with Crippen molar-refractivity contribution in [3.8, 4) is 0 Å². The topological polar surface area (TPSA) is 0 Å². The van der Waals surface area contributed by atoms with E-state index < -0.39 is 0 Å². The molecular weight excluding hydrogens is 492 g/mol. The number of rotatable bonds is 4. The van der Waals surface area contributed by atoms with E-state index in [-0.39, 0.29) is 0 Å². The van der Waals surface area contributed by atoms with E-state index >= 15 is 0 Å². The minimum absolute atomic E-state index is 0.777. The molecule has 0 aliphatic carbocycles. The van der Waals surface area contributed by atoms with Crippen LogP contribution in [0.2, 0.25) is 0 Å². The Morgan fingerprint density at radius 1 is 0.357 bits per heavy atom. The van der Waals surface area contributed by atoms with Crippen molar-refractivity contribution in [2.45, 2.75) is 0 Å². The van der Waals surface area contributed by atoms with Crippen molar-refractivity contribution in [1.82, 2.24) is 0 Å². The smallest absolute Gasteiger partial charge is 0.0226 e. The molecule has 0 saturated heterocycles. The molecule has 0 fully saturated rings. The summed E-state index contributed by atoms with van der Waals surface area (Å²) in [6, 6.07) is 42.3. The van der Waals surface area contributed by atoms with Gasteiger partial charge in [-0.2, -0.15) is 0 Å². The fraction of sp³-hybridized carbons (Fsp3) is 0. The monoisotopic (exact) mass is 513 g/mol. The van der Waals surface area contributed by atoms with E-state index in [1.165, 1.54) is 21.2 Å². The molecule has 0 spiro atoms. The average Bonchev–Trinajstić information content (AvgIpc) is 2.79. The molecule has 0 atom stereocenters. The number of halogens is 1. The molecule has 4 heteroatoms. The Bertz CT molecular complexity index is 721. The Morgan fingerprint density at radius 2 is 0.536 bits per heavy atom. The van der Waals surface area contributed by atoms with Crippen LogP contribution in [0, 0.1) is 0 Å². The summed E-state index contributed by atoms with van der Waals surface area (Å²) in [6.07, 6.45) is 0. The molecule has 0 bridgehead atoms. The Hall–Kier alpha value is -1.31. The maximum atomic E-state index is 4.49. The van der Waals surface area contributed by atoms with Crippen molar-refractivity contribution in [1.29, 1.82) is 0 Å². The Balaban J connectivity index is 0.000000184. The van der Waals surface area contributed by atoms with E-state index in [0.717, 1.165) is 17.2 Å². The van der Waals surface area contributed by atoms with Gasteiger partial charge in [-0.3, -0.25) is 0 Å². The minimum atomic E-state index is 0.777. The van der Waals surface area contributed by atoms with Crippen LogP contribution in [-0.2, 0) is 18.2 Å². The van der Waals surface area contributed by atoms with Gasteiger partial charge in [-0.1, -0.05) is 138 Å². The molecule has 0 saturated carbocycles. The largest absolute Gasteiger partial charge is 0.0622 e. The molecule has 0 amide bonds. The summed E-state index contributed by atoms with van der Waals surface area (Å²) >= 11 is 2.22. The Kier molecular flexibility index (Phi) is 12.0. The van der Waals surface area contributed by atoms with Gasteiger partial charge < -0.3 is 0 Å². The van der Waals surface area contributed by atoms with Gasteiger partial charge in [-0.25, -0.2) is 0 Å². The number of benzene rings is 4. The van der Waals surface area contributed by atoms with Crippen molar-refractivity contribution >= 4 is 47.9 Å². The van der Waals surface area contributed by atoms with Crippen LogP contribution < -0.4 is 21.2 Å². The molecule has 0 heterocycles. The van der Waals surface area contributed by atoms with Crippen molar-refractivity contribution in [3.63, 3.8) is 0 Å². The fourth-order valence-corrected chi connectivity index (χ4v) is 4.52. The van der Waals surface area contributed by atoms with E-state index in [9.17, 15) is 0 Å². The standard InChI is InChI=1S/2C12H11P.ClH.Pd/c2*1-3-7-11(8-4-1)13-12-9-5-2-6-10-12;;/h2*1-10,13H;1H;/p-1. The van der Waals surface area contributed by atoms with Gasteiger partial charge >= 0.3 is 27.7 Å². The molecule has 4 aromatic carbocycles. The van der Waals surface area contributed by atoms with Crippen molar-refractivity contribution in [2.24, 2.45) is 0 Å². The van der Waals surface area contributed by atoms with Gasteiger partial charge in [0.2, 0.25) is 0 Å². The van der Waals surface area contributed by atoms with Crippen molar-refractivity contribution < 1.29 is 18.2 Å². The van der Waals surface area contributed by atoms with Gasteiger partial charge in [0, 0.05) is 0 Å². The van der Waals surface area contributed by atoms with Gasteiger partial charge in [0.1, 0.15) is 0 Å². The Morgan fingerprint density at radius 3 is 0.714 bits per heavy atom. The van der Waals surface area contributed by atoms with Gasteiger partial charge in [0.25, 0.3) is 0 Å². The summed E-state index contributed by atoms with van der Waals surface area (Å²) in [5, 5.41) is 5.59. The molecule has 4 rings (SSSR count). The quantitative estimate of drug-likeness (QED) is 0.256. The van der Waals surface area contributed by atoms with E-state index in [2.05, 4.69) is 149 Å². The molecule has 0 nitrogen and oxygen atoms in total. The second kappa shape index (κ2) is 14.7. The zero-order chi connectivity index (χ0) is 19.9. The molecule has 146 valence electrons. The summed E-state index contributed by atoms with van der Waals surface area (Å²) in [4.78, 5) is 0. The zero-order valence-corrected chi connectivity index (χ0v) is 19.6. The number of hydrogen-bond donors (Lipinski definition) is 0. The van der Waals surface area contributed by atoms with Gasteiger partial charge in [-0.05, 0) is 21.2 Å². The molecule has 28 heavy (non-hydrogen) atoms. The summed E-state index contributed by atoms with van der Waals surface area (Å²) < 4.78 is 0. The molecule has 0 N–H and O–H groups in total. The molecule has 0 unspecified atom stereocenters. The van der Waals surface area contributed by atoms with E-state index in [4.69, 9.17) is 0 Å². The first-order valence-electron chi connectivity index (χ1n) is 8.76. The molecule has 0 aliphatic heterocycles. The first-order valence-corrected chi connectivity index (χ1v) is 12.8. The van der Waals surface area contributed by atoms with Crippen molar-refractivity contribution in [2.75, 3.05) is 0 Å².